The molecule has 2 heterocycles. The van der Waals surface area contributed by atoms with Gasteiger partial charge in [0.05, 0.1) is 17.6 Å². The Kier molecular flexibility index (Phi) is 2.05. The lowest BCUT2D eigenvalue weighted by atomic mass is 10.3. The first-order valence-electron chi connectivity index (χ1n) is 3.71. The fourth-order valence-corrected chi connectivity index (χ4v) is 1.87. The standard InChI is InChI=1S/C7H7N3O2S/c11-2-4-1-8-7-6(9-4)10-5(12)3-13-7/h1-2,6,9H,3H2,(H,10,12). The number of fused-ring (bicyclic) bond motifs is 1. The van der Waals surface area contributed by atoms with Crippen LogP contribution >= 0.6 is 11.8 Å². The van der Waals surface area contributed by atoms with Crippen LogP contribution in [0, 0.1) is 0 Å². The number of nitrogens with zero attached hydrogens (tertiary/aromatic N) is 1. The minimum Gasteiger partial charge on any atom is -0.356 e. The Morgan fingerprint density at radius 2 is 2.46 bits per heavy atom. The molecule has 0 saturated carbocycles. The summed E-state index contributed by atoms with van der Waals surface area (Å²) in [5.41, 5.74) is 0.386. The average molecular weight is 197 g/mol. The number of nitrogens with one attached hydrogen (secondary N) is 2. The number of rotatable bonds is 1. The molecule has 2 rings (SSSR count). The lowest BCUT2D eigenvalue weighted by Gasteiger charge is -2.28. The summed E-state index contributed by atoms with van der Waals surface area (Å²) >= 11 is 1.38. The Bertz CT molecular complexity index is 324. The number of aliphatic imine (C=N–C) groups is 1. The van der Waals surface area contributed by atoms with Gasteiger partial charge in [0.2, 0.25) is 5.91 Å². The van der Waals surface area contributed by atoms with E-state index >= 15 is 0 Å². The third-order valence-corrected chi connectivity index (χ3v) is 2.72. The predicted octanol–water partition coefficient (Wildman–Crippen LogP) is -0.783. The molecule has 0 radical (unpaired) electrons. The van der Waals surface area contributed by atoms with E-state index < -0.39 is 0 Å². The van der Waals surface area contributed by atoms with E-state index in [2.05, 4.69) is 15.6 Å². The van der Waals surface area contributed by atoms with Crippen molar-refractivity contribution in [1.82, 2.24) is 10.6 Å². The molecule has 0 aromatic carbocycles. The van der Waals surface area contributed by atoms with Crippen LogP contribution in [0.3, 0.4) is 0 Å². The molecular formula is C7H7N3O2S. The van der Waals surface area contributed by atoms with Gasteiger partial charge in [0.15, 0.2) is 6.29 Å². The minimum absolute atomic E-state index is 0.0476. The fourth-order valence-electron chi connectivity index (χ4n) is 1.10. The zero-order valence-electron chi connectivity index (χ0n) is 6.61. The quantitative estimate of drug-likeness (QED) is 0.541. The van der Waals surface area contributed by atoms with E-state index in [1.807, 2.05) is 0 Å². The lowest BCUT2D eigenvalue weighted by Crippen LogP contribution is -2.54. The van der Waals surface area contributed by atoms with Gasteiger partial charge in [-0.25, -0.2) is 4.99 Å². The van der Waals surface area contributed by atoms with Crippen molar-refractivity contribution in [2.24, 2.45) is 4.99 Å². The van der Waals surface area contributed by atoms with Crippen LogP contribution in [0.25, 0.3) is 0 Å². The number of amides is 1. The highest BCUT2D eigenvalue weighted by Crippen LogP contribution is 2.15. The summed E-state index contributed by atoms with van der Waals surface area (Å²) in [6.07, 6.45) is 1.81. The first kappa shape index (κ1) is 8.31. The van der Waals surface area contributed by atoms with E-state index in [9.17, 15) is 9.59 Å². The van der Waals surface area contributed by atoms with Crippen LogP contribution in [0.5, 0.6) is 0 Å². The summed E-state index contributed by atoms with van der Waals surface area (Å²) in [5.74, 6) is 0.343. The molecule has 0 spiro atoms. The Balaban J connectivity index is 2.19. The Hall–Kier alpha value is -1.30. The van der Waals surface area contributed by atoms with E-state index in [0.29, 0.717) is 17.7 Å². The zero-order valence-corrected chi connectivity index (χ0v) is 7.43. The second-order valence-corrected chi connectivity index (χ2v) is 3.60. The molecule has 0 aromatic rings. The van der Waals surface area contributed by atoms with Crippen molar-refractivity contribution in [3.8, 4) is 0 Å². The normalized spacial score (nSPS) is 26.2. The van der Waals surface area contributed by atoms with Crippen LogP contribution < -0.4 is 10.6 Å². The van der Waals surface area contributed by atoms with Crippen LogP contribution in [0.4, 0.5) is 0 Å². The maximum atomic E-state index is 11.0. The number of carbonyl (C=O) groups excluding carboxylic acids is 2. The number of aldehydes is 1. The predicted molar refractivity (Wildman–Crippen MR) is 49.1 cm³/mol. The van der Waals surface area contributed by atoms with Crippen LogP contribution in [-0.4, -0.2) is 29.2 Å². The van der Waals surface area contributed by atoms with Crippen molar-refractivity contribution in [2.75, 3.05) is 5.75 Å². The summed E-state index contributed by atoms with van der Waals surface area (Å²) in [4.78, 5) is 25.4. The van der Waals surface area contributed by atoms with Crippen molar-refractivity contribution in [3.63, 3.8) is 0 Å². The van der Waals surface area contributed by atoms with Crippen LogP contribution in [0.15, 0.2) is 16.9 Å². The smallest absolute Gasteiger partial charge is 0.232 e. The maximum absolute atomic E-state index is 11.0. The van der Waals surface area contributed by atoms with Gasteiger partial charge in [0, 0.05) is 0 Å². The second kappa shape index (κ2) is 3.21. The van der Waals surface area contributed by atoms with Gasteiger partial charge in [0.25, 0.3) is 0 Å². The van der Waals surface area contributed by atoms with Gasteiger partial charge in [-0.15, -0.1) is 0 Å². The van der Waals surface area contributed by atoms with Gasteiger partial charge < -0.3 is 10.6 Å². The largest absolute Gasteiger partial charge is 0.356 e. The molecular weight excluding hydrogens is 190 g/mol. The summed E-state index contributed by atoms with van der Waals surface area (Å²) in [6.45, 7) is 0. The minimum atomic E-state index is -0.323. The Morgan fingerprint density at radius 1 is 1.62 bits per heavy atom. The van der Waals surface area contributed by atoms with Gasteiger partial charge in [-0.1, -0.05) is 11.8 Å². The van der Waals surface area contributed by atoms with Crippen molar-refractivity contribution < 1.29 is 9.59 Å². The molecule has 6 heteroatoms. The van der Waals surface area contributed by atoms with Crippen molar-refractivity contribution in [2.45, 2.75) is 6.17 Å². The first-order chi connectivity index (χ1) is 6.29. The van der Waals surface area contributed by atoms with E-state index in [0.717, 1.165) is 5.04 Å². The number of carbonyl (C=O) groups is 2. The molecule has 5 nitrogen and oxygen atoms in total. The number of hydrogen-bond donors (Lipinski definition) is 2. The summed E-state index contributed by atoms with van der Waals surface area (Å²) in [6, 6.07) is 0. The SMILES string of the molecule is O=CC1=CN=C2SCC(=O)NC2N1. The highest BCUT2D eigenvalue weighted by Gasteiger charge is 2.27. The summed E-state index contributed by atoms with van der Waals surface area (Å²) in [7, 11) is 0. The van der Waals surface area contributed by atoms with Crippen LogP contribution in [0.2, 0.25) is 0 Å². The van der Waals surface area contributed by atoms with Gasteiger partial charge in [-0.3, -0.25) is 9.59 Å². The number of allylic oxidation sites excluding steroid dienone is 1. The second-order valence-electron chi connectivity index (χ2n) is 2.60. The topological polar surface area (TPSA) is 70.6 Å². The third-order valence-electron chi connectivity index (χ3n) is 1.67. The molecule has 1 amide bonds. The van der Waals surface area contributed by atoms with E-state index in [4.69, 9.17) is 0 Å². The first-order valence-corrected chi connectivity index (χ1v) is 4.70. The maximum Gasteiger partial charge on any atom is 0.232 e. The molecule has 0 aromatic heterocycles. The molecule has 1 unspecified atom stereocenters. The van der Waals surface area contributed by atoms with E-state index in [1.165, 1.54) is 18.0 Å². The third kappa shape index (κ3) is 1.57. The summed E-state index contributed by atoms with van der Waals surface area (Å²) in [5, 5.41) is 6.32. The van der Waals surface area contributed by atoms with E-state index in [-0.39, 0.29) is 12.1 Å². The Morgan fingerprint density at radius 3 is 3.23 bits per heavy atom. The number of hydrogen-bond acceptors (Lipinski definition) is 5. The molecule has 1 atom stereocenters. The fraction of sp³-hybridized carbons (Fsp3) is 0.286. The van der Waals surface area contributed by atoms with Crippen molar-refractivity contribution in [3.05, 3.63) is 11.9 Å². The van der Waals surface area contributed by atoms with Gasteiger partial charge in [0.1, 0.15) is 11.2 Å². The highest BCUT2D eigenvalue weighted by molar-refractivity contribution is 8.14. The van der Waals surface area contributed by atoms with Gasteiger partial charge in [-0.2, -0.15) is 0 Å². The summed E-state index contributed by atoms with van der Waals surface area (Å²) < 4.78 is 0. The molecule has 1 saturated heterocycles. The molecule has 0 aliphatic carbocycles. The molecule has 1 fully saturated rings. The molecule has 13 heavy (non-hydrogen) atoms. The lowest BCUT2D eigenvalue weighted by molar-refractivity contribution is -0.119. The number of thioether (sulfide) groups is 1. The molecule has 2 N–H and O–H groups in total. The van der Waals surface area contributed by atoms with Gasteiger partial charge >= 0.3 is 0 Å². The average Bonchev–Trinajstić information content (AvgIpc) is 2.16. The highest BCUT2D eigenvalue weighted by atomic mass is 32.2. The van der Waals surface area contributed by atoms with Crippen LogP contribution in [-0.2, 0) is 9.59 Å². The van der Waals surface area contributed by atoms with E-state index in [1.54, 1.807) is 0 Å². The molecule has 2 aliphatic heterocycles. The van der Waals surface area contributed by atoms with Crippen molar-refractivity contribution >= 4 is 29.0 Å². The van der Waals surface area contributed by atoms with Crippen LogP contribution in [0.1, 0.15) is 0 Å². The monoisotopic (exact) mass is 197 g/mol. The molecule has 68 valence electrons. The molecule has 0 bridgehead atoms. The molecule has 2 aliphatic rings. The Labute approximate surface area is 78.7 Å². The zero-order chi connectivity index (χ0) is 9.26. The van der Waals surface area contributed by atoms with Crippen molar-refractivity contribution in [1.29, 1.82) is 0 Å². The van der Waals surface area contributed by atoms with Gasteiger partial charge in [-0.05, 0) is 0 Å².